The Hall–Kier alpha value is -0.890. The van der Waals surface area contributed by atoms with Gasteiger partial charge in [-0.2, -0.15) is 0 Å². The zero-order valence-corrected chi connectivity index (χ0v) is 13.0. The van der Waals surface area contributed by atoms with E-state index in [-0.39, 0.29) is 12.0 Å². The Morgan fingerprint density at radius 1 is 1.29 bits per heavy atom. The van der Waals surface area contributed by atoms with Crippen LogP contribution in [0.3, 0.4) is 0 Å². The molecule has 0 amide bonds. The summed E-state index contributed by atoms with van der Waals surface area (Å²) in [4.78, 5) is 12.4. The van der Waals surface area contributed by atoms with Crippen molar-refractivity contribution in [2.75, 3.05) is 6.61 Å². The van der Waals surface area contributed by atoms with Gasteiger partial charge in [-0.3, -0.25) is 4.79 Å². The predicted octanol–water partition coefficient (Wildman–Crippen LogP) is 3.80. The number of rotatable bonds is 1. The summed E-state index contributed by atoms with van der Waals surface area (Å²) in [6, 6.07) is 0. The molecule has 21 heavy (non-hydrogen) atoms. The molecule has 0 aromatic heterocycles. The van der Waals surface area contributed by atoms with Crippen LogP contribution in [0.15, 0.2) is 23.3 Å². The summed E-state index contributed by atoms with van der Waals surface area (Å²) < 4.78 is 0. The number of hydrogen-bond donors (Lipinski definition) is 1. The highest BCUT2D eigenvalue weighted by molar-refractivity contribution is 5.88. The first-order chi connectivity index (χ1) is 10.1. The number of hydrogen-bond acceptors (Lipinski definition) is 2. The van der Waals surface area contributed by atoms with Gasteiger partial charge in [-0.05, 0) is 50.4 Å². The van der Waals surface area contributed by atoms with E-state index >= 15 is 0 Å². The van der Waals surface area contributed by atoms with Gasteiger partial charge in [0.1, 0.15) is 5.78 Å². The minimum absolute atomic E-state index is 0.0457. The average Bonchev–Trinajstić information content (AvgIpc) is 2.84. The smallest absolute Gasteiger partial charge is 0.141 e. The zero-order chi connectivity index (χ0) is 14.7. The van der Waals surface area contributed by atoms with Gasteiger partial charge in [0.2, 0.25) is 0 Å². The van der Waals surface area contributed by atoms with E-state index in [1.807, 2.05) is 0 Å². The highest BCUT2D eigenvalue weighted by Gasteiger charge is 2.57. The number of carbonyl (C=O) groups excluding carboxylic acids is 1. The lowest BCUT2D eigenvalue weighted by Crippen LogP contribution is -2.46. The molecular formula is C19H26O2. The first kappa shape index (κ1) is 13.8. The van der Waals surface area contributed by atoms with Crippen LogP contribution >= 0.6 is 0 Å². The van der Waals surface area contributed by atoms with E-state index in [0.717, 1.165) is 19.3 Å². The normalized spacial score (nSPS) is 45.3. The second-order valence-electron chi connectivity index (χ2n) is 7.86. The molecule has 0 saturated heterocycles. The SMILES string of the molecule is C[C@]12CCCCC1=CC[C@@H]1C2=CC[C@]2(CO)C(=O)CC[C@@H]12. The van der Waals surface area contributed by atoms with E-state index in [4.69, 9.17) is 0 Å². The molecule has 0 unspecified atom stereocenters. The van der Waals surface area contributed by atoms with Gasteiger partial charge in [0.05, 0.1) is 12.0 Å². The molecule has 4 rings (SSSR count). The van der Waals surface area contributed by atoms with Crippen LogP contribution in [0, 0.1) is 22.7 Å². The van der Waals surface area contributed by atoms with Crippen molar-refractivity contribution in [1.29, 1.82) is 0 Å². The fraction of sp³-hybridized carbons (Fsp3) is 0.737. The molecule has 0 radical (unpaired) electrons. The maximum absolute atomic E-state index is 12.4. The zero-order valence-electron chi connectivity index (χ0n) is 13.0. The summed E-state index contributed by atoms with van der Waals surface area (Å²) >= 11 is 0. The summed E-state index contributed by atoms with van der Waals surface area (Å²) in [5.74, 6) is 1.20. The van der Waals surface area contributed by atoms with Crippen molar-refractivity contribution in [3.05, 3.63) is 23.3 Å². The van der Waals surface area contributed by atoms with Gasteiger partial charge in [0.25, 0.3) is 0 Å². The van der Waals surface area contributed by atoms with Crippen LogP contribution in [0.2, 0.25) is 0 Å². The Balaban J connectivity index is 1.78. The summed E-state index contributed by atoms with van der Waals surface area (Å²) in [5.41, 5.74) is 3.08. The minimum atomic E-state index is -0.440. The lowest BCUT2D eigenvalue weighted by molar-refractivity contribution is -0.131. The Morgan fingerprint density at radius 2 is 2.14 bits per heavy atom. The number of ketones is 1. The number of aliphatic hydroxyl groups excluding tert-OH is 1. The molecule has 2 heteroatoms. The van der Waals surface area contributed by atoms with Gasteiger partial charge in [-0.1, -0.05) is 36.6 Å². The molecule has 2 fully saturated rings. The maximum Gasteiger partial charge on any atom is 0.141 e. The number of aliphatic hydroxyl groups is 1. The molecule has 0 heterocycles. The van der Waals surface area contributed by atoms with Gasteiger partial charge in [-0.25, -0.2) is 0 Å². The van der Waals surface area contributed by atoms with Gasteiger partial charge in [-0.15, -0.1) is 0 Å². The predicted molar refractivity (Wildman–Crippen MR) is 82.7 cm³/mol. The van der Waals surface area contributed by atoms with Crippen LogP contribution in [0.4, 0.5) is 0 Å². The molecule has 2 saturated carbocycles. The van der Waals surface area contributed by atoms with Crippen molar-refractivity contribution in [2.24, 2.45) is 22.7 Å². The van der Waals surface area contributed by atoms with Gasteiger partial charge in [0, 0.05) is 11.8 Å². The molecule has 1 N–H and O–H groups in total. The largest absolute Gasteiger partial charge is 0.395 e. The molecule has 4 aliphatic carbocycles. The monoisotopic (exact) mass is 286 g/mol. The molecule has 2 nitrogen and oxygen atoms in total. The molecular weight excluding hydrogens is 260 g/mol. The van der Waals surface area contributed by atoms with Crippen molar-refractivity contribution in [1.82, 2.24) is 0 Å². The summed E-state index contributed by atoms with van der Waals surface area (Å²) in [6.45, 7) is 2.47. The quantitative estimate of drug-likeness (QED) is 0.744. The van der Waals surface area contributed by atoms with Crippen molar-refractivity contribution >= 4 is 5.78 Å². The first-order valence-corrected chi connectivity index (χ1v) is 8.66. The molecule has 4 atom stereocenters. The third-order valence-corrected chi connectivity index (χ3v) is 7.14. The Morgan fingerprint density at radius 3 is 2.95 bits per heavy atom. The van der Waals surface area contributed by atoms with Gasteiger partial charge >= 0.3 is 0 Å². The standard InChI is InChI=1S/C19H26O2/c1-18-10-3-2-4-13(18)5-6-14-15(18)9-11-19(12-20)16(14)7-8-17(19)21/h5,9,14,16,20H,2-4,6-8,10-12H2,1H3/t14-,16+,18+,19-/m1/s1. The van der Waals surface area contributed by atoms with E-state index in [1.54, 1.807) is 11.1 Å². The Bertz CT molecular complexity index is 544. The van der Waals surface area contributed by atoms with E-state index in [9.17, 15) is 9.90 Å². The highest BCUT2D eigenvalue weighted by atomic mass is 16.3. The number of fused-ring (bicyclic) bond motifs is 5. The van der Waals surface area contributed by atoms with Crippen LogP contribution < -0.4 is 0 Å². The topological polar surface area (TPSA) is 37.3 Å². The van der Waals surface area contributed by atoms with Crippen molar-refractivity contribution in [3.63, 3.8) is 0 Å². The fourth-order valence-corrected chi connectivity index (χ4v) is 5.88. The van der Waals surface area contributed by atoms with Crippen molar-refractivity contribution in [2.45, 2.75) is 58.3 Å². The number of allylic oxidation sites excluding steroid dienone is 4. The minimum Gasteiger partial charge on any atom is -0.395 e. The Kier molecular flexibility index (Phi) is 2.98. The first-order valence-electron chi connectivity index (χ1n) is 8.66. The van der Waals surface area contributed by atoms with Crippen molar-refractivity contribution < 1.29 is 9.90 Å². The average molecular weight is 286 g/mol. The van der Waals surface area contributed by atoms with Gasteiger partial charge in [0.15, 0.2) is 0 Å². The summed E-state index contributed by atoms with van der Waals surface area (Å²) in [6.07, 6.45) is 13.6. The molecule has 0 spiro atoms. The lowest BCUT2D eigenvalue weighted by Gasteiger charge is -2.51. The third-order valence-electron chi connectivity index (χ3n) is 7.14. The second-order valence-corrected chi connectivity index (χ2v) is 7.86. The van der Waals surface area contributed by atoms with Crippen LogP contribution in [-0.2, 0) is 4.79 Å². The van der Waals surface area contributed by atoms with Gasteiger partial charge < -0.3 is 5.11 Å². The molecule has 114 valence electrons. The maximum atomic E-state index is 12.4. The van der Waals surface area contributed by atoms with Crippen LogP contribution in [0.25, 0.3) is 0 Å². The molecule has 0 aliphatic heterocycles. The van der Waals surface area contributed by atoms with E-state index in [2.05, 4.69) is 19.1 Å². The van der Waals surface area contributed by atoms with Crippen LogP contribution in [0.1, 0.15) is 58.3 Å². The van der Waals surface area contributed by atoms with Crippen LogP contribution in [-0.4, -0.2) is 17.5 Å². The summed E-state index contributed by atoms with van der Waals surface area (Å²) in [7, 11) is 0. The highest BCUT2D eigenvalue weighted by Crippen LogP contribution is 2.61. The number of carbonyl (C=O) groups is 1. The van der Waals surface area contributed by atoms with Crippen LogP contribution in [0.5, 0.6) is 0 Å². The molecule has 0 bridgehead atoms. The van der Waals surface area contributed by atoms with E-state index in [1.165, 1.54) is 25.7 Å². The fourth-order valence-electron chi connectivity index (χ4n) is 5.88. The third kappa shape index (κ3) is 1.66. The lowest BCUT2D eigenvalue weighted by atomic mass is 9.52. The Labute approximate surface area is 127 Å². The molecule has 0 aromatic carbocycles. The number of Topliss-reactive ketones (excluding diaryl/α,β-unsaturated/α-hetero) is 1. The summed E-state index contributed by atoms with van der Waals surface area (Å²) in [5, 5.41) is 9.94. The van der Waals surface area contributed by atoms with Crippen molar-refractivity contribution in [3.8, 4) is 0 Å². The second kappa shape index (κ2) is 4.55. The van der Waals surface area contributed by atoms with E-state index < -0.39 is 5.41 Å². The van der Waals surface area contributed by atoms with E-state index in [0.29, 0.717) is 24.0 Å². The molecule has 4 aliphatic rings. The molecule has 0 aromatic rings.